The van der Waals surface area contributed by atoms with Crippen molar-refractivity contribution in [2.75, 3.05) is 0 Å². The normalized spacial score (nSPS) is 16.8. The molecule has 0 aromatic carbocycles. The van der Waals surface area contributed by atoms with Crippen molar-refractivity contribution in [1.82, 2.24) is 4.57 Å². The van der Waals surface area contributed by atoms with E-state index in [1.54, 1.807) is 19.3 Å². The molecule has 2 rings (SSSR count). The highest BCUT2D eigenvalue weighted by atomic mass is 16.5. The van der Waals surface area contributed by atoms with Crippen LogP contribution in [0.15, 0.2) is 23.1 Å². The zero-order valence-corrected chi connectivity index (χ0v) is 10.0. The molecule has 0 radical (unpaired) electrons. The first-order valence-electron chi connectivity index (χ1n) is 6.04. The van der Waals surface area contributed by atoms with Crippen molar-refractivity contribution in [3.05, 3.63) is 34.2 Å². The van der Waals surface area contributed by atoms with Gasteiger partial charge in [-0.15, -0.1) is 0 Å². The number of carbonyl (C=O) groups excluding carboxylic acids is 1. The monoisotopic (exact) mass is 235 g/mol. The Bertz CT molecular complexity index is 458. The maximum Gasteiger partial charge on any atom is 0.338 e. The number of esters is 1. The number of hydrogen-bond donors (Lipinski definition) is 0. The summed E-state index contributed by atoms with van der Waals surface area (Å²) in [6.07, 6.45) is 6.95. The van der Waals surface area contributed by atoms with Gasteiger partial charge in [-0.05, 0) is 31.7 Å². The third-order valence-corrected chi connectivity index (χ3v) is 3.17. The van der Waals surface area contributed by atoms with E-state index in [1.807, 2.05) is 0 Å². The number of rotatable bonds is 2. The highest BCUT2D eigenvalue weighted by Crippen LogP contribution is 2.21. The summed E-state index contributed by atoms with van der Waals surface area (Å²) in [7, 11) is 1.65. The molecule has 4 nitrogen and oxygen atoms in total. The van der Waals surface area contributed by atoms with Gasteiger partial charge in [0.25, 0.3) is 5.56 Å². The Balaban J connectivity index is 2.03. The number of aromatic nitrogens is 1. The zero-order valence-electron chi connectivity index (χ0n) is 10.0. The molecule has 0 amide bonds. The molecule has 1 aromatic rings. The molecule has 0 saturated heterocycles. The summed E-state index contributed by atoms with van der Waals surface area (Å²) in [5.41, 5.74) is 0.154. The predicted octanol–water partition coefficient (Wildman–Crippen LogP) is 1.87. The minimum atomic E-state index is -0.380. The van der Waals surface area contributed by atoms with Crippen LogP contribution in [0.5, 0.6) is 0 Å². The molecule has 1 heterocycles. The minimum absolute atomic E-state index is 0.0281. The van der Waals surface area contributed by atoms with Crippen LogP contribution in [0.25, 0.3) is 0 Å². The van der Waals surface area contributed by atoms with E-state index in [1.165, 1.54) is 17.1 Å². The molecule has 0 aliphatic heterocycles. The molecule has 0 bridgehead atoms. The van der Waals surface area contributed by atoms with Gasteiger partial charge in [0.1, 0.15) is 6.10 Å². The summed E-state index contributed by atoms with van der Waals surface area (Å²) in [5, 5.41) is 0. The molecule has 0 atom stereocenters. The van der Waals surface area contributed by atoms with Crippen LogP contribution in [0.4, 0.5) is 0 Å². The Morgan fingerprint density at radius 2 is 2.06 bits per heavy atom. The quantitative estimate of drug-likeness (QED) is 0.735. The van der Waals surface area contributed by atoms with Crippen LogP contribution < -0.4 is 5.56 Å². The Labute approximate surface area is 100 Å². The highest BCUT2D eigenvalue weighted by Gasteiger charge is 2.18. The number of aryl methyl sites for hydroxylation is 1. The van der Waals surface area contributed by atoms with Crippen LogP contribution in [-0.2, 0) is 11.8 Å². The lowest BCUT2D eigenvalue weighted by atomic mass is 9.98. The molecule has 0 N–H and O–H groups in total. The molecular formula is C13H17NO3. The highest BCUT2D eigenvalue weighted by molar-refractivity contribution is 5.89. The number of ether oxygens (including phenoxy) is 1. The molecule has 1 fully saturated rings. The Morgan fingerprint density at radius 3 is 2.71 bits per heavy atom. The summed E-state index contributed by atoms with van der Waals surface area (Å²) < 4.78 is 6.81. The summed E-state index contributed by atoms with van der Waals surface area (Å²) in [6.45, 7) is 0. The van der Waals surface area contributed by atoms with E-state index in [0.29, 0.717) is 5.56 Å². The van der Waals surface area contributed by atoms with Crippen molar-refractivity contribution in [3.63, 3.8) is 0 Å². The number of nitrogens with zero attached hydrogens (tertiary/aromatic N) is 1. The first-order chi connectivity index (χ1) is 8.16. The second-order valence-electron chi connectivity index (χ2n) is 4.53. The zero-order chi connectivity index (χ0) is 12.3. The average molecular weight is 235 g/mol. The largest absolute Gasteiger partial charge is 0.459 e. The predicted molar refractivity (Wildman–Crippen MR) is 64.0 cm³/mol. The van der Waals surface area contributed by atoms with Crippen molar-refractivity contribution in [3.8, 4) is 0 Å². The summed E-state index contributed by atoms with van der Waals surface area (Å²) in [5.74, 6) is -0.380. The maximum absolute atomic E-state index is 11.8. The molecule has 1 aliphatic carbocycles. The van der Waals surface area contributed by atoms with E-state index in [-0.39, 0.29) is 17.6 Å². The number of pyridine rings is 1. The lowest BCUT2D eigenvalue weighted by Crippen LogP contribution is -2.23. The SMILES string of the molecule is Cn1ccc(C(=O)OC2CCCCC2)cc1=O. The van der Waals surface area contributed by atoms with Gasteiger partial charge in [0, 0.05) is 19.3 Å². The van der Waals surface area contributed by atoms with Gasteiger partial charge >= 0.3 is 5.97 Å². The van der Waals surface area contributed by atoms with Gasteiger partial charge in [0.15, 0.2) is 0 Å². The Morgan fingerprint density at radius 1 is 1.35 bits per heavy atom. The van der Waals surface area contributed by atoms with E-state index in [2.05, 4.69) is 0 Å². The second-order valence-corrected chi connectivity index (χ2v) is 4.53. The van der Waals surface area contributed by atoms with Crippen LogP contribution >= 0.6 is 0 Å². The van der Waals surface area contributed by atoms with E-state index in [4.69, 9.17) is 4.74 Å². The Hall–Kier alpha value is -1.58. The molecule has 1 aromatic heterocycles. The summed E-state index contributed by atoms with van der Waals surface area (Å²) >= 11 is 0. The van der Waals surface area contributed by atoms with E-state index >= 15 is 0 Å². The molecule has 1 saturated carbocycles. The van der Waals surface area contributed by atoms with Gasteiger partial charge in [-0.2, -0.15) is 0 Å². The molecule has 92 valence electrons. The second kappa shape index (κ2) is 5.17. The van der Waals surface area contributed by atoms with Crippen molar-refractivity contribution in [2.45, 2.75) is 38.2 Å². The van der Waals surface area contributed by atoms with E-state index in [9.17, 15) is 9.59 Å². The molecule has 0 spiro atoms. The average Bonchev–Trinajstić information content (AvgIpc) is 2.34. The van der Waals surface area contributed by atoms with Crippen LogP contribution in [0.3, 0.4) is 0 Å². The third-order valence-electron chi connectivity index (χ3n) is 3.17. The number of hydrogen-bond acceptors (Lipinski definition) is 3. The van der Waals surface area contributed by atoms with Gasteiger partial charge in [0.2, 0.25) is 0 Å². The van der Waals surface area contributed by atoms with Crippen molar-refractivity contribution < 1.29 is 9.53 Å². The lowest BCUT2D eigenvalue weighted by molar-refractivity contribution is 0.0211. The van der Waals surface area contributed by atoms with E-state index < -0.39 is 0 Å². The standard InChI is InChI=1S/C13H17NO3/c1-14-8-7-10(9-12(14)15)13(16)17-11-5-3-2-4-6-11/h7-9,11H,2-6H2,1H3. The van der Waals surface area contributed by atoms with Crippen LogP contribution in [-0.4, -0.2) is 16.6 Å². The fourth-order valence-corrected chi connectivity index (χ4v) is 2.08. The maximum atomic E-state index is 11.8. The first-order valence-corrected chi connectivity index (χ1v) is 6.04. The van der Waals surface area contributed by atoms with Gasteiger partial charge in [-0.3, -0.25) is 4.79 Å². The van der Waals surface area contributed by atoms with Crippen LogP contribution in [0.1, 0.15) is 42.5 Å². The molecular weight excluding hydrogens is 218 g/mol. The molecule has 4 heteroatoms. The lowest BCUT2D eigenvalue weighted by Gasteiger charge is -2.21. The fraction of sp³-hybridized carbons (Fsp3) is 0.538. The van der Waals surface area contributed by atoms with Gasteiger partial charge < -0.3 is 9.30 Å². The summed E-state index contributed by atoms with van der Waals surface area (Å²) in [6, 6.07) is 2.94. The van der Waals surface area contributed by atoms with Crippen molar-refractivity contribution in [1.29, 1.82) is 0 Å². The molecule has 1 aliphatic rings. The minimum Gasteiger partial charge on any atom is -0.459 e. The van der Waals surface area contributed by atoms with Gasteiger partial charge in [-0.1, -0.05) is 6.42 Å². The summed E-state index contributed by atoms with van der Waals surface area (Å²) in [4.78, 5) is 23.2. The molecule has 0 unspecified atom stereocenters. The first kappa shape index (κ1) is 11.9. The topological polar surface area (TPSA) is 48.3 Å². The number of carbonyl (C=O) groups is 1. The smallest absolute Gasteiger partial charge is 0.338 e. The van der Waals surface area contributed by atoms with Gasteiger partial charge in [-0.25, -0.2) is 4.79 Å². The fourth-order valence-electron chi connectivity index (χ4n) is 2.08. The Kier molecular flexibility index (Phi) is 3.61. The van der Waals surface area contributed by atoms with Crippen LogP contribution in [0, 0.1) is 0 Å². The van der Waals surface area contributed by atoms with Gasteiger partial charge in [0.05, 0.1) is 5.56 Å². The van der Waals surface area contributed by atoms with Crippen molar-refractivity contribution >= 4 is 5.97 Å². The van der Waals surface area contributed by atoms with E-state index in [0.717, 1.165) is 25.7 Å². The molecule has 17 heavy (non-hydrogen) atoms. The van der Waals surface area contributed by atoms with Crippen molar-refractivity contribution in [2.24, 2.45) is 7.05 Å². The van der Waals surface area contributed by atoms with Crippen LogP contribution in [0.2, 0.25) is 0 Å². The third kappa shape index (κ3) is 2.96.